The summed E-state index contributed by atoms with van der Waals surface area (Å²) in [5, 5.41) is 0. The number of hydrogen-bond donors (Lipinski definition) is 1. The largest absolute Gasteiger partial charge is 0.497 e. The molecular formula is C18H22N2O3. The predicted octanol–water partition coefficient (Wildman–Crippen LogP) is 3.25. The first-order chi connectivity index (χ1) is 11.0. The summed E-state index contributed by atoms with van der Waals surface area (Å²) in [7, 11) is 4.64. The van der Waals surface area contributed by atoms with E-state index in [1.165, 1.54) is 12.0 Å². The molecule has 0 radical (unpaired) electrons. The minimum atomic E-state index is -0.435. The highest BCUT2D eigenvalue weighted by atomic mass is 16.5. The molecular weight excluding hydrogens is 292 g/mol. The van der Waals surface area contributed by atoms with Crippen molar-refractivity contribution in [3.8, 4) is 5.75 Å². The molecule has 0 bridgehead atoms. The second kappa shape index (κ2) is 7.15. The van der Waals surface area contributed by atoms with E-state index in [2.05, 4.69) is 0 Å². The van der Waals surface area contributed by atoms with Crippen LogP contribution in [0, 0.1) is 6.92 Å². The van der Waals surface area contributed by atoms with E-state index in [1.54, 1.807) is 14.2 Å². The van der Waals surface area contributed by atoms with Crippen LogP contribution in [0.25, 0.3) is 0 Å². The van der Waals surface area contributed by atoms with Gasteiger partial charge in [0.15, 0.2) is 0 Å². The van der Waals surface area contributed by atoms with Crippen molar-refractivity contribution in [2.75, 3.05) is 26.2 Å². The predicted molar refractivity (Wildman–Crippen MR) is 91.0 cm³/mol. The number of methoxy groups -OCH3 is 2. The van der Waals surface area contributed by atoms with E-state index in [0.717, 1.165) is 28.1 Å². The number of hydrogen-bond acceptors (Lipinski definition) is 4. The van der Waals surface area contributed by atoms with E-state index in [-0.39, 0.29) is 6.04 Å². The molecule has 1 unspecified atom stereocenters. The first kappa shape index (κ1) is 16.8. The van der Waals surface area contributed by atoms with Gasteiger partial charge in [-0.25, -0.2) is 4.79 Å². The highest BCUT2D eigenvalue weighted by Crippen LogP contribution is 2.31. The summed E-state index contributed by atoms with van der Waals surface area (Å²) in [5.74, 6) is 0.743. The average molecular weight is 314 g/mol. The van der Waals surface area contributed by atoms with Crippen LogP contribution in [0.3, 0.4) is 0 Å². The molecule has 0 aliphatic heterocycles. The number of benzene rings is 2. The van der Waals surface area contributed by atoms with Gasteiger partial charge in [-0.3, -0.25) is 4.90 Å². The lowest BCUT2D eigenvalue weighted by atomic mass is 9.96. The Labute approximate surface area is 136 Å². The minimum Gasteiger partial charge on any atom is -0.497 e. The number of carbonyl (C=O) groups excluding carboxylic acids is 1. The normalized spacial score (nSPS) is 11.7. The third-order valence-electron chi connectivity index (χ3n) is 3.78. The van der Waals surface area contributed by atoms with Crippen molar-refractivity contribution in [3.63, 3.8) is 0 Å². The zero-order chi connectivity index (χ0) is 17.0. The van der Waals surface area contributed by atoms with Crippen LogP contribution in [0.2, 0.25) is 0 Å². The lowest BCUT2D eigenvalue weighted by Gasteiger charge is -2.23. The number of anilines is 1. The summed E-state index contributed by atoms with van der Waals surface area (Å²) in [6, 6.07) is 13.1. The molecule has 122 valence electrons. The van der Waals surface area contributed by atoms with Gasteiger partial charge in [0.25, 0.3) is 0 Å². The van der Waals surface area contributed by atoms with Crippen LogP contribution < -0.4 is 15.4 Å². The summed E-state index contributed by atoms with van der Waals surface area (Å²) in [4.78, 5) is 13.3. The van der Waals surface area contributed by atoms with Gasteiger partial charge < -0.3 is 15.2 Å². The molecule has 2 aromatic rings. The molecule has 23 heavy (non-hydrogen) atoms. The van der Waals surface area contributed by atoms with Crippen molar-refractivity contribution >= 4 is 11.8 Å². The Bertz CT molecular complexity index is 700. The summed E-state index contributed by atoms with van der Waals surface area (Å²) in [5.41, 5.74) is 9.96. The van der Waals surface area contributed by atoms with Gasteiger partial charge in [-0.05, 0) is 41.8 Å². The molecule has 0 saturated heterocycles. The first-order valence-corrected chi connectivity index (χ1v) is 7.29. The lowest BCUT2D eigenvalue weighted by molar-refractivity contribution is 0.180. The van der Waals surface area contributed by atoms with Crippen LogP contribution in [0.5, 0.6) is 5.75 Å². The number of rotatable bonds is 4. The van der Waals surface area contributed by atoms with Crippen molar-refractivity contribution in [2.45, 2.75) is 13.0 Å². The minimum absolute atomic E-state index is 0.382. The SMILES string of the molecule is COC(=O)N(C)c1cc(C)ccc1C(N)c1cccc(OC)c1. The van der Waals surface area contributed by atoms with Gasteiger partial charge in [-0.15, -0.1) is 0 Å². The molecule has 2 aromatic carbocycles. The number of ether oxygens (including phenoxy) is 2. The summed E-state index contributed by atoms with van der Waals surface area (Å²) in [6.45, 7) is 1.97. The number of nitrogens with zero attached hydrogens (tertiary/aromatic N) is 1. The fraction of sp³-hybridized carbons (Fsp3) is 0.278. The highest BCUT2D eigenvalue weighted by molar-refractivity contribution is 5.88. The van der Waals surface area contributed by atoms with Crippen LogP contribution in [0.4, 0.5) is 10.5 Å². The van der Waals surface area contributed by atoms with Crippen molar-refractivity contribution in [2.24, 2.45) is 5.73 Å². The maximum Gasteiger partial charge on any atom is 0.413 e. The maximum absolute atomic E-state index is 11.9. The molecule has 0 fully saturated rings. The van der Waals surface area contributed by atoms with Crippen molar-refractivity contribution in [1.82, 2.24) is 0 Å². The fourth-order valence-corrected chi connectivity index (χ4v) is 2.46. The van der Waals surface area contributed by atoms with Gasteiger partial charge in [-0.2, -0.15) is 0 Å². The third-order valence-corrected chi connectivity index (χ3v) is 3.78. The number of carbonyl (C=O) groups is 1. The van der Waals surface area contributed by atoms with Gasteiger partial charge in [0.2, 0.25) is 0 Å². The number of aryl methyl sites for hydroxylation is 1. The Hall–Kier alpha value is -2.53. The molecule has 5 nitrogen and oxygen atoms in total. The molecule has 0 spiro atoms. The lowest BCUT2D eigenvalue weighted by Crippen LogP contribution is -2.28. The topological polar surface area (TPSA) is 64.8 Å². The number of amides is 1. The molecule has 0 aliphatic carbocycles. The van der Waals surface area contributed by atoms with Crippen LogP contribution in [-0.4, -0.2) is 27.4 Å². The summed E-state index contributed by atoms with van der Waals surface area (Å²) < 4.78 is 10.1. The Kier molecular flexibility index (Phi) is 5.24. The van der Waals surface area contributed by atoms with Gasteiger partial charge in [0, 0.05) is 7.05 Å². The van der Waals surface area contributed by atoms with Crippen molar-refractivity contribution < 1.29 is 14.3 Å². The molecule has 2 N–H and O–H groups in total. The summed E-state index contributed by atoms with van der Waals surface area (Å²) in [6.07, 6.45) is -0.435. The molecule has 2 rings (SSSR count). The average Bonchev–Trinajstić information content (AvgIpc) is 2.59. The van der Waals surface area contributed by atoms with Crippen LogP contribution >= 0.6 is 0 Å². The standard InChI is InChI=1S/C18H22N2O3/c1-12-8-9-15(16(10-12)20(2)18(21)23-4)17(19)13-6-5-7-14(11-13)22-3/h5-11,17H,19H2,1-4H3. The van der Waals surface area contributed by atoms with Gasteiger partial charge in [-0.1, -0.05) is 24.3 Å². The molecule has 5 heteroatoms. The third kappa shape index (κ3) is 3.63. The zero-order valence-corrected chi connectivity index (χ0v) is 13.9. The van der Waals surface area contributed by atoms with Gasteiger partial charge in [0.05, 0.1) is 25.9 Å². The zero-order valence-electron chi connectivity index (χ0n) is 13.9. The Morgan fingerprint density at radius 1 is 1.17 bits per heavy atom. The maximum atomic E-state index is 11.9. The molecule has 1 atom stereocenters. The molecule has 0 saturated carbocycles. The first-order valence-electron chi connectivity index (χ1n) is 7.29. The van der Waals surface area contributed by atoms with Crippen LogP contribution in [0.15, 0.2) is 42.5 Å². The van der Waals surface area contributed by atoms with E-state index in [4.69, 9.17) is 15.2 Å². The molecule has 0 heterocycles. The Morgan fingerprint density at radius 3 is 2.57 bits per heavy atom. The van der Waals surface area contributed by atoms with Gasteiger partial charge in [0.1, 0.15) is 5.75 Å². The second-order valence-electron chi connectivity index (χ2n) is 5.35. The van der Waals surface area contributed by atoms with E-state index in [9.17, 15) is 4.79 Å². The van der Waals surface area contributed by atoms with E-state index in [1.807, 2.05) is 49.4 Å². The van der Waals surface area contributed by atoms with Crippen molar-refractivity contribution in [3.05, 3.63) is 59.2 Å². The van der Waals surface area contributed by atoms with E-state index < -0.39 is 6.09 Å². The van der Waals surface area contributed by atoms with Gasteiger partial charge >= 0.3 is 6.09 Å². The van der Waals surface area contributed by atoms with Crippen LogP contribution in [-0.2, 0) is 4.74 Å². The summed E-state index contributed by atoms with van der Waals surface area (Å²) >= 11 is 0. The second-order valence-corrected chi connectivity index (χ2v) is 5.35. The van der Waals surface area contributed by atoms with Crippen molar-refractivity contribution in [1.29, 1.82) is 0 Å². The molecule has 0 aliphatic rings. The smallest absolute Gasteiger partial charge is 0.413 e. The fourth-order valence-electron chi connectivity index (χ4n) is 2.46. The Balaban J connectivity index is 2.47. The molecule has 1 amide bonds. The quantitative estimate of drug-likeness (QED) is 0.941. The molecule has 0 aromatic heterocycles. The van der Waals surface area contributed by atoms with Crippen LogP contribution in [0.1, 0.15) is 22.7 Å². The Morgan fingerprint density at radius 2 is 1.91 bits per heavy atom. The van der Waals surface area contributed by atoms with E-state index in [0.29, 0.717) is 0 Å². The monoisotopic (exact) mass is 314 g/mol. The highest BCUT2D eigenvalue weighted by Gasteiger charge is 2.20. The van der Waals surface area contributed by atoms with E-state index >= 15 is 0 Å². The number of nitrogens with two attached hydrogens (primary N) is 1.